The predicted molar refractivity (Wildman–Crippen MR) is 101 cm³/mol. The standard InChI is InChI=1S/C18H38NO4P/c1-5-7-9-11-13-17(3)22-24(21,16-15-19-20)23-18(4)14-12-10-8-6-2/h15,17-18,20H,5-14,16H2,1-4H3. The minimum absolute atomic E-state index is 0.0160. The summed E-state index contributed by atoms with van der Waals surface area (Å²) in [4.78, 5) is 0. The third-order valence-corrected chi connectivity index (χ3v) is 5.97. The molecule has 5 nitrogen and oxygen atoms in total. The number of hydrogen-bond acceptors (Lipinski definition) is 5. The lowest BCUT2D eigenvalue weighted by Crippen LogP contribution is -2.15. The molecule has 0 spiro atoms. The van der Waals surface area contributed by atoms with Crippen molar-refractivity contribution < 1.29 is 18.8 Å². The van der Waals surface area contributed by atoms with E-state index in [1.54, 1.807) is 0 Å². The van der Waals surface area contributed by atoms with Crippen molar-refractivity contribution in [2.45, 2.75) is 104 Å². The molecule has 24 heavy (non-hydrogen) atoms. The van der Waals surface area contributed by atoms with E-state index in [1.165, 1.54) is 44.7 Å². The second-order valence-electron chi connectivity index (χ2n) is 6.62. The SMILES string of the molecule is CCCCCCC(C)OP(=O)(CC=NO)OC(C)CCCCCC. The molecule has 0 aliphatic heterocycles. The Morgan fingerprint density at radius 3 is 1.75 bits per heavy atom. The van der Waals surface area contributed by atoms with E-state index in [9.17, 15) is 4.57 Å². The zero-order valence-electron chi connectivity index (χ0n) is 16.1. The largest absolute Gasteiger partial charge is 0.411 e. The van der Waals surface area contributed by atoms with Crippen molar-refractivity contribution in [2.75, 3.05) is 6.16 Å². The van der Waals surface area contributed by atoms with Crippen molar-refractivity contribution in [2.24, 2.45) is 5.16 Å². The first-order valence-electron chi connectivity index (χ1n) is 9.59. The lowest BCUT2D eigenvalue weighted by atomic mass is 10.1. The van der Waals surface area contributed by atoms with Crippen molar-refractivity contribution >= 4 is 13.8 Å². The van der Waals surface area contributed by atoms with Crippen LogP contribution >= 0.6 is 7.60 Å². The molecular formula is C18H38NO4P. The Balaban J connectivity index is 4.39. The topological polar surface area (TPSA) is 68.1 Å². The van der Waals surface area contributed by atoms with Gasteiger partial charge in [0.05, 0.1) is 24.6 Å². The van der Waals surface area contributed by atoms with Crippen LogP contribution in [0.1, 0.15) is 91.9 Å². The van der Waals surface area contributed by atoms with E-state index in [4.69, 9.17) is 14.3 Å². The molecule has 6 heteroatoms. The van der Waals surface area contributed by atoms with Gasteiger partial charge in [0.25, 0.3) is 0 Å². The monoisotopic (exact) mass is 363 g/mol. The van der Waals surface area contributed by atoms with Gasteiger partial charge in [-0.1, -0.05) is 65.2 Å². The second kappa shape index (κ2) is 14.9. The lowest BCUT2D eigenvalue weighted by molar-refractivity contribution is 0.119. The molecule has 0 heterocycles. The first-order chi connectivity index (χ1) is 11.5. The highest BCUT2D eigenvalue weighted by molar-refractivity contribution is 7.54. The maximum absolute atomic E-state index is 12.9. The number of unbranched alkanes of at least 4 members (excludes halogenated alkanes) is 6. The molecule has 0 aromatic heterocycles. The molecule has 0 saturated carbocycles. The summed E-state index contributed by atoms with van der Waals surface area (Å²) >= 11 is 0. The van der Waals surface area contributed by atoms with Crippen LogP contribution in [0.3, 0.4) is 0 Å². The summed E-state index contributed by atoms with van der Waals surface area (Å²) in [5, 5.41) is 11.6. The van der Waals surface area contributed by atoms with E-state index in [0.29, 0.717) is 0 Å². The molecule has 2 unspecified atom stereocenters. The van der Waals surface area contributed by atoms with Crippen LogP contribution in [0.2, 0.25) is 0 Å². The average molecular weight is 363 g/mol. The van der Waals surface area contributed by atoms with Gasteiger partial charge in [-0.05, 0) is 26.7 Å². The van der Waals surface area contributed by atoms with Gasteiger partial charge in [0.1, 0.15) is 0 Å². The van der Waals surface area contributed by atoms with Gasteiger partial charge in [-0.25, -0.2) is 0 Å². The third kappa shape index (κ3) is 13.0. The van der Waals surface area contributed by atoms with E-state index in [1.807, 2.05) is 13.8 Å². The Hall–Kier alpha value is -0.380. The van der Waals surface area contributed by atoms with E-state index >= 15 is 0 Å². The Morgan fingerprint density at radius 1 is 0.917 bits per heavy atom. The van der Waals surface area contributed by atoms with Crippen LogP contribution in [0.25, 0.3) is 0 Å². The minimum Gasteiger partial charge on any atom is -0.411 e. The number of rotatable bonds is 16. The minimum atomic E-state index is -3.27. The fourth-order valence-electron chi connectivity index (χ4n) is 2.62. The molecule has 0 bridgehead atoms. The first-order valence-corrected chi connectivity index (χ1v) is 11.3. The van der Waals surface area contributed by atoms with Gasteiger partial charge in [-0.3, -0.25) is 4.57 Å². The van der Waals surface area contributed by atoms with Crippen molar-refractivity contribution in [1.29, 1.82) is 0 Å². The zero-order chi connectivity index (χ0) is 18.3. The van der Waals surface area contributed by atoms with Crippen molar-refractivity contribution in [3.8, 4) is 0 Å². The molecular weight excluding hydrogens is 325 g/mol. The molecule has 0 aromatic rings. The van der Waals surface area contributed by atoms with Crippen molar-refractivity contribution in [3.63, 3.8) is 0 Å². The van der Waals surface area contributed by atoms with Gasteiger partial charge in [-0.2, -0.15) is 0 Å². The summed E-state index contributed by atoms with van der Waals surface area (Å²) in [6.45, 7) is 8.23. The van der Waals surface area contributed by atoms with Crippen LogP contribution < -0.4 is 0 Å². The Labute approximate surface area is 148 Å². The molecule has 1 N–H and O–H groups in total. The molecule has 144 valence electrons. The molecule has 0 rings (SSSR count). The smallest absolute Gasteiger partial charge is 0.336 e. The van der Waals surface area contributed by atoms with Gasteiger partial charge >= 0.3 is 7.60 Å². The maximum Gasteiger partial charge on any atom is 0.336 e. The second-order valence-corrected chi connectivity index (χ2v) is 8.63. The van der Waals surface area contributed by atoms with Crippen LogP contribution in [-0.4, -0.2) is 29.8 Å². The zero-order valence-corrected chi connectivity index (χ0v) is 17.0. The average Bonchev–Trinajstić information content (AvgIpc) is 2.53. The molecule has 2 atom stereocenters. The Bertz CT molecular complexity index is 339. The summed E-state index contributed by atoms with van der Waals surface area (Å²) in [7, 11) is -3.27. The van der Waals surface area contributed by atoms with Crippen molar-refractivity contribution in [3.05, 3.63) is 0 Å². The van der Waals surface area contributed by atoms with Crippen LogP contribution in [0.15, 0.2) is 5.16 Å². The van der Waals surface area contributed by atoms with Crippen LogP contribution in [0, 0.1) is 0 Å². The fourth-order valence-corrected chi connectivity index (χ4v) is 4.42. The van der Waals surface area contributed by atoms with E-state index in [0.717, 1.165) is 25.7 Å². The van der Waals surface area contributed by atoms with Gasteiger partial charge in [0.2, 0.25) is 0 Å². The molecule has 0 radical (unpaired) electrons. The molecule has 0 aliphatic carbocycles. The highest BCUT2D eigenvalue weighted by atomic mass is 31.2. The third-order valence-electron chi connectivity index (χ3n) is 4.00. The number of hydrogen-bond donors (Lipinski definition) is 1. The number of nitrogens with zero attached hydrogens (tertiary/aromatic N) is 1. The van der Waals surface area contributed by atoms with Gasteiger partial charge in [-0.15, -0.1) is 5.16 Å². The van der Waals surface area contributed by atoms with Crippen LogP contribution in [-0.2, 0) is 13.6 Å². The fraction of sp³-hybridized carbons (Fsp3) is 0.944. The maximum atomic E-state index is 12.9. The highest BCUT2D eigenvalue weighted by Crippen LogP contribution is 2.50. The Morgan fingerprint density at radius 2 is 1.38 bits per heavy atom. The summed E-state index contributed by atoms with van der Waals surface area (Å²) in [6.07, 6.45) is 12.0. The summed E-state index contributed by atoms with van der Waals surface area (Å²) in [5.74, 6) is 0. The normalized spacial score (nSPS) is 17.0. The number of oxime groups is 1. The molecule has 0 fully saturated rings. The Kier molecular flexibility index (Phi) is 14.7. The van der Waals surface area contributed by atoms with Gasteiger partial charge in [0.15, 0.2) is 0 Å². The van der Waals surface area contributed by atoms with E-state index in [2.05, 4.69) is 19.0 Å². The first kappa shape index (κ1) is 23.6. The predicted octanol–water partition coefficient (Wildman–Crippen LogP) is 6.39. The summed E-state index contributed by atoms with van der Waals surface area (Å²) in [6, 6.07) is 0. The molecule has 0 amide bonds. The summed E-state index contributed by atoms with van der Waals surface area (Å²) < 4.78 is 24.4. The van der Waals surface area contributed by atoms with E-state index < -0.39 is 7.60 Å². The molecule has 0 saturated heterocycles. The van der Waals surface area contributed by atoms with Crippen molar-refractivity contribution in [1.82, 2.24) is 0 Å². The lowest BCUT2D eigenvalue weighted by Gasteiger charge is -2.24. The van der Waals surface area contributed by atoms with E-state index in [-0.39, 0.29) is 18.4 Å². The molecule has 0 aromatic carbocycles. The van der Waals surface area contributed by atoms with Crippen LogP contribution in [0.4, 0.5) is 0 Å². The quantitative estimate of drug-likeness (QED) is 0.113. The highest BCUT2D eigenvalue weighted by Gasteiger charge is 2.28. The molecule has 0 aliphatic rings. The summed E-state index contributed by atoms with van der Waals surface area (Å²) in [5.41, 5.74) is 0. The van der Waals surface area contributed by atoms with Gasteiger partial charge in [0, 0.05) is 0 Å². The van der Waals surface area contributed by atoms with Gasteiger partial charge < -0.3 is 14.3 Å². The van der Waals surface area contributed by atoms with Crippen LogP contribution in [0.5, 0.6) is 0 Å².